The Hall–Kier alpha value is -2.76. The van der Waals surface area contributed by atoms with E-state index in [0.29, 0.717) is 51.8 Å². The highest BCUT2D eigenvalue weighted by atomic mass is 32.2. The summed E-state index contributed by atoms with van der Waals surface area (Å²) in [4.78, 5) is 32.8. The smallest absolute Gasteiger partial charge is 0.328 e. The van der Waals surface area contributed by atoms with Gasteiger partial charge in [-0.1, -0.05) is 25.7 Å². The number of nitrogen functional groups attached to an aromatic ring is 1. The molecule has 1 saturated carbocycles. The fourth-order valence-corrected chi connectivity index (χ4v) is 5.53. The Bertz CT molecular complexity index is 912. The number of anilines is 1. The molecule has 0 bridgehead atoms. The lowest BCUT2D eigenvalue weighted by atomic mass is 9.92. The zero-order valence-corrected chi connectivity index (χ0v) is 21.6. The maximum atomic E-state index is 13.2. The molecule has 3 rings (SSSR count). The summed E-state index contributed by atoms with van der Waals surface area (Å²) in [6.07, 6.45) is 9.45. The van der Waals surface area contributed by atoms with Gasteiger partial charge in [-0.25, -0.2) is 9.59 Å². The number of rotatable bonds is 10. The fraction of sp³-hybridized carbons (Fsp3) is 0.560. The number of ether oxygens (including phenoxy) is 1. The van der Waals surface area contributed by atoms with Crippen LogP contribution in [0.4, 0.5) is 5.69 Å². The Morgan fingerprint density at radius 2 is 1.83 bits per heavy atom. The van der Waals surface area contributed by atoms with Crippen molar-refractivity contribution in [2.75, 3.05) is 25.1 Å². The van der Waals surface area contributed by atoms with Crippen molar-refractivity contribution in [1.29, 1.82) is 0 Å². The number of methoxy groups -OCH3 is 1. The molecule has 1 aliphatic heterocycles. The largest absolute Gasteiger partial charge is 0.611 e. The van der Waals surface area contributed by atoms with E-state index in [9.17, 15) is 18.9 Å². The first-order valence-corrected chi connectivity index (χ1v) is 13.5. The molecule has 0 spiro atoms. The van der Waals surface area contributed by atoms with Gasteiger partial charge in [-0.05, 0) is 49.8 Å². The summed E-state index contributed by atoms with van der Waals surface area (Å²) in [5.41, 5.74) is 6.84. The predicted octanol–water partition coefficient (Wildman–Crippen LogP) is 2.55. The van der Waals surface area contributed by atoms with Crippen molar-refractivity contribution in [3.63, 3.8) is 0 Å². The number of nitrogens with two attached hydrogens (primary N) is 1. The second-order valence-electron chi connectivity index (χ2n) is 8.90. The molecule has 0 aromatic heterocycles. The number of carbonyl (C=O) groups excluding carboxylic acids is 1. The van der Waals surface area contributed by atoms with Gasteiger partial charge < -0.3 is 35.9 Å². The number of carboxylic acid groups (broad SMARTS) is 2. The summed E-state index contributed by atoms with van der Waals surface area (Å²) in [6.45, 7) is 2.84. The minimum absolute atomic E-state index is 0.0977. The quantitative estimate of drug-likeness (QED) is 0.175. The third kappa shape index (κ3) is 9.03. The van der Waals surface area contributed by atoms with Crippen molar-refractivity contribution < 1.29 is 33.9 Å². The number of aliphatic carboxylic acids is 2. The van der Waals surface area contributed by atoms with Gasteiger partial charge in [0.05, 0.1) is 18.4 Å². The molecule has 1 aromatic rings. The van der Waals surface area contributed by atoms with Crippen molar-refractivity contribution in [3.8, 4) is 5.75 Å². The summed E-state index contributed by atoms with van der Waals surface area (Å²) >= 11 is -1.23. The Labute approximate surface area is 214 Å². The molecule has 2 aliphatic rings. The summed E-state index contributed by atoms with van der Waals surface area (Å²) < 4.78 is 17.7. The molecule has 1 aromatic carbocycles. The van der Waals surface area contributed by atoms with E-state index < -0.39 is 23.1 Å². The average molecular weight is 524 g/mol. The predicted molar refractivity (Wildman–Crippen MR) is 138 cm³/mol. The third-order valence-electron chi connectivity index (χ3n) is 6.42. The maximum Gasteiger partial charge on any atom is 0.328 e. The second kappa shape index (κ2) is 14.7. The molecule has 0 radical (unpaired) electrons. The van der Waals surface area contributed by atoms with Crippen LogP contribution >= 0.6 is 0 Å². The summed E-state index contributed by atoms with van der Waals surface area (Å²) in [6, 6.07) is 3.66. The van der Waals surface area contributed by atoms with Gasteiger partial charge in [-0.15, -0.1) is 0 Å². The Morgan fingerprint density at radius 1 is 1.19 bits per heavy atom. The molecule has 10 nitrogen and oxygen atoms in total. The van der Waals surface area contributed by atoms with E-state index in [0.717, 1.165) is 25.8 Å². The fourth-order valence-electron chi connectivity index (χ4n) is 4.65. The van der Waals surface area contributed by atoms with Crippen LogP contribution in [-0.2, 0) is 20.8 Å². The molecule has 1 aliphatic carbocycles. The minimum Gasteiger partial charge on any atom is -0.611 e. The highest BCUT2D eigenvalue weighted by Crippen LogP contribution is 2.32. The van der Waals surface area contributed by atoms with Crippen LogP contribution in [0.15, 0.2) is 29.2 Å². The first kappa shape index (κ1) is 29.5. The first-order chi connectivity index (χ1) is 17.2. The van der Waals surface area contributed by atoms with Gasteiger partial charge in [0.2, 0.25) is 0 Å². The number of nitrogens with one attached hydrogen (secondary N) is 2. The minimum atomic E-state index is -1.26. The summed E-state index contributed by atoms with van der Waals surface area (Å²) in [5.74, 6) is -1.13. The van der Waals surface area contributed by atoms with Crippen LogP contribution in [0.2, 0.25) is 0 Å². The van der Waals surface area contributed by atoms with E-state index in [-0.39, 0.29) is 11.9 Å². The number of carboxylic acids is 2. The Morgan fingerprint density at radius 3 is 2.33 bits per heavy atom. The number of amides is 1. The number of carbonyl (C=O) groups is 3. The normalized spacial score (nSPS) is 19.4. The highest BCUT2D eigenvalue weighted by Gasteiger charge is 2.31. The van der Waals surface area contributed by atoms with Gasteiger partial charge in [-0.3, -0.25) is 4.79 Å². The molecule has 2 fully saturated rings. The molecular weight excluding hydrogens is 486 g/mol. The van der Waals surface area contributed by atoms with Crippen LogP contribution in [-0.4, -0.2) is 64.1 Å². The van der Waals surface area contributed by atoms with Gasteiger partial charge in [0, 0.05) is 36.4 Å². The molecule has 1 saturated heterocycles. The standard InChI is InChI=1S/C21H33N3O3S.C4H4O4/c1-3-28(26)20-12-15(19(27-2)13-16(20)22)21(25)24-18(17-9-6-10-23-17)11-14-7-4-5-8-14;5-3(6)1-2-4(7)8/h12-14,17-18,23H,3-11,22H2,1-2H3,(H,24,25);1-2H,(H,5,6)(H,7,8). The topological polar surface area (TPSA) is 174 Å². The van der Waals surface area contributed by atoms with Crippen molar-refractivity contribution >= 4 is 34.7 Å². The third-order valence-corrected chi connectivity index (χ3v) is 7.78. The Kier molecular flexibility index (Phi) is 12.0. The van der Waals surface area contributed by atoms with Crippen molar-refractivity contribution in [3.05, 3.63) is 29.8 Å². The van der Waals surface area contributed by atoms with Crippen LogP contribution in [0.5, 0.6) is 5.75 Å². The van der Waals surface area contributed by atoms with E-state index in [2.05, 4.69) is 10.6 Å². The second-order valence-corrected chi connectivity index (χ2v) is 10.6. The molecular formula is C25H37N3O7S. The van der Waals surface area contributed by atoms with Gasteiger partial charge in [-0.2, -0.15) is 0 Å². The summed E-state index contributed by atoms with van der Waals surface area (Å²) in [5, 5.41) is 22.4. The van der Waals surface area contributed by atoms with Gasteiger partial charge in [0.1, 0.15) is 11.5 Å². The van der Waals surface area contributed by atoms with Crippen LogP contribution in [0.3, 0.4) is 0 Å². The van der Waals surface area contributed by atoms with Crippen LogP contribution in [0.1, 0.15) is 62.2 Å². The van der Waals surface area contributed by atoms with Crippen molar-refractivity contribution in [2.24, 2.45) is 5.92 Å². The lowest BCUT2D eigenvalue weighted by Crippen LogP contribution is -2.48. The molecule has 36 heavy (non-hydrogen) atoms. The van der Waals surface area contributed by atoms with E-state index in [1.165, 1.54) is 32.8 Å². The molecule has 6 N–H and O–H groups in total. The summed E-state index contributed by atoms with van der Waals surface area (Å²) in [7, 11) is 1.52. The Balaban J connectivity index is 0.000000493. The van der Waals surface area contributed by atoms with Crippen molar-refractivity contribution in [2.45, 2.75) is 68.8 Å². The van der Waals surface area contributed by atoms with E-state index in [4.69, 9.17) is 20.7 Å². The van der Waals surface area contributed by atoms with Crippen LogP contribution in [0, 0.1) is 5.92 Å². The zero-order valence-electron chi connectivity index (χ0n) is 20.8. The molecule has 3 atom stereocenters. The van der Waals surface area contributed by atoms with E-state index in [1.807, 2.05) is 6.92 Å². The SMILES string of the molecule is CC[S+]([O-])c1cc(C(=O)NC(CC2CCCC2)C2CCCN2)c(OC)cc1N.O=C(O)C=CC(=O)O. The highest BCUT2D eigenvalue weighted by molar-refractivity contribution is 7.91. The first-order valence-electron chi connectivity index (χ1n) is 12.2. The molecule has 3 unspecified atom stereocenters. The number of hydrogen-bond donors (Lipinski definition) is 5. The van der Waals surface area contributed by atoms with Crippen LogP contribution < -0.4 is 21.1 Å². The maximum absolute atomic E-state index is 13.2. The zero-order chi connectivity index (χ0) is 26.7. The molecule has 1 heterocycles. The van der Waals surface area contributed by atoms with Crippen molar-refractivity contribution in [1.82, 2.24) is 10.6 Å². The molecule has 11 heteroatoms. The number of benzene rings is 1. The molecule has 200 valence electrons. The van der Waals surface area contributed by atoms with Gasteiger partial charge >= 0.3 is 11.9 Å². The van der Waals surface area contributed by atoms with Crippen LogP contribution in [0.25, 0.3) is 0 Å². The monoisotopic (exact) mass is 523 g/mol. The van der Waals surface area contributed by atoms with E-state index >= 15 is 0 Å². The lowest BCUT2D eigenvalue weighted by Gasteiger charge is -2.28. The lowest BCUT2D eigenvalue weighted by molar-refractivity contribution is -0.134. The van der Waals surface area contributed by atoms with Gasteiger partial charge in [0.15, 0.2) is 4.90 Å². The van der Waals surface area contributed by atoms with E-state index in [1.54, 1.807) is 12.1 Å². The number of hydrogen-bond acceptors (Lipinski definition) is 7. The average Bonchev–Trinajstić information content (AvgIpc) is 3.56. The van der Waals surface area contributed by atoms with Gasteiger partial charge in [0.25, 0.3) is 5.91 Å². The molecule has 1 amide bonds.